The summed E-state index contributed by atoms with van der Waals surface area (Å²) < 4.78 is 5.38. The lowest BCUT2D eigenvalue weighted by Crippen LogP contribution is -2.54. The summed E-state index contributed by atoms with van der Waals surface area (Å²) in [5.41, 5.74) is 0.637. The summed E-state index contributed by atoms with van der Waals surface area (Å²) in [5, 5.41) is 5.68. The van der Waals surface area contributed by atoms with Crippen molar-refractivity contribution in [2.75, 3.05) is 18.8 Å². The SMILES string of the molecule is C#Cc1ccc(C(C(=O)NCCCCC)N(CCCCCCCC)C(=O)C(CS)NC(=O)OC(C)(C)C)cc1. The van der Waals surface area contributed by atoms with E-state index >= 15 is 0 Å². The molecule has 0 spiro atoms. The molecule has 2 atom stereocenters. The second-order valence-corrected chi connectivity index (χ2v) is 11.2. The molecular formula is C31H49N3O4S. The third-order valence-corrected chi connectivity index (χ3v) is 6.61. The highest BCUT2D eigenvalue weighted by Gasteiger charge is 2.35. The van der Waals surface area contributed by atoms with Crippen LogP contribution in [0.5, 0.6) is 0 Å². The van der Waals surface area contributed by atoms with Crippen LogP contribution < -0.4 is 10.6 Å². The molecule has 7 nitrogen and oxygen atoms in total. The number of carbonyl (C=O) groups excluding carboxylic acids is 3. The van der Waals surface area contributed by atoms with Gasteiger partial charge in [-0.3, -0.25) is 9.59 Å². The van der Waals surface area contributed by atoms with E-state index in [4.69, 9.17) is 11.2 Å². The first kappa shape index (κ1) is 34.4. The molecule has 8 heteroatoms. The third-order valence-electron chi connectivity index (χ3n) is 6.24. The standard InChI is InChI=1S/C31H49N3O4S/c1-7-10-12-13-14-16-22-34(29(36)26(23-39)33-30(37)38-31(4,5)6)27(28(35)32-21-15-11-8-2)25-19-17-24(9-3)18-20-25/h3,17-20,26-27,39H,7-8,10-16,21-23H2,1-2,4-6H3,(H,32,35)(H,33,37). The van der Waals surface area contributed by atoms with E-state index < -0.39 is 23.8 Å². The van der Waals surface area contributed by atoms with E-state index in [1.165, 1.54) is 6.42 Å². The molecule has 0 aliphatic carbocycles. The molecule has 2 N–H and O–H groups in total. The van der Waals surface area contributed by atoms with Gasteiger partial charge in [-0.05, 0) is 51.3 Å². The Labute approximate surface area is 241 Å². The zero-order valence-corrected chi connectivity index (χ0v) is 25.4. The van der Waals surface area contributed by atoms with Crippen molar-refractivity contribution in [3.63, 3.8) is 0 Å². The summed E-state index contributed by atoms with van der Waals surface area (Å²) in [5.74, 6) is 2.03. The van der Waals surface area contributed by atoms with Crippen molar-refractivity contribution in [2.24, 2.45) is 0 Å². The molecule has 218 valence electrons. The van der Waals surface area contributed by atoms with E-state index in [1.54, 1.807) is 49.9 Å². The van der Waals surface area contributed by atoms with Crippen LogP contribution in [0.2, 0.25) is 0 Å². The van der Waals surface area contributed by atoms with E-state index in [0.29, 0.717) is 24.2 Å². The van der Waals surface area contributed by atoms with Gasteiger partial charge >= 0.3 is 6.09 Å². The molecule has 1 rings (SSSR count). The summed E-state index contributed by atoms with van der Waals surface area (Å²) in [6.45, 7) is 10.4. The number of nitrogens with zero attached hydrogens (tertiary/aromatic N) is 1. The Morgan fingerprint density at radius 1 is 0.974 bits per heavy atom. The predicted octanol–water partition coefficient (Wildman–Crippen LogP) is 6.03. The quantitative estimate of drug-likeness (QED) is 0.124. The largest absolute Gasteiger partial charge is 0.444 e. The van der Waals surface area contributed by atoms with Crippen molar-refractivity contribution in [2.45, 2.75) is 110 Å². The van der Waals surface area contributed by atoms with Crippen molar-refractivity contribution < 1.29 is 19.1 Å². The van der Waals surface area contributed by atoms with Gasteiger partial charge < -0.3 is 20.3 Å². The maximum Gasteiger partial charge on any atom is 0.408 e. The maximum atomic E-state index is 14.0. The van der Waals surface area contributed by atoms with Crippen LogP contribution in [0.25, 0.3) is 0 Å². The van der Waals surface area contributed by atoms with Crippen LogP contribution in [-0.2, 0) is 14.3 Å². The lowest BCUT2D eigenvalue weighted by molar-refractivity contribution is -0.142. The number of amides is 3. The third kappa shape index (κ3) is 13.3. The monoisotopic (exact) mass is 559 g/mol. The molecule has 0 heterocycles. The molecule has 39 heavy (non-hydrogen) atoms. The summed E-state index contributed by atoms with van der Waals surface area (Å²) in [4.78, 5) is 41.7. The highest BCUT2D eigenvalue weighted by molar-refractivity contribution is 7.80. The molecule has 0 aromatic heterocycles. The number of nitrogens with one attached hydrogen (secondary N) is 2. The molecule has 0 saturated heterocycles. The van der Waals surface area contributed by atoms with Gasteiger partial charge in [-0.2, -0.15) is 12.6 Å². The Morgan fingerprint density at radius 3 is 2.13 bits per heavy atom. The number of unbranched alkanes of at least 4 members (excludes halogenated alkanes) is 7. The zero-order valence-electron chi connectivity index (χ0n) is 24.6. The summed E-state index contributed by atoms with van der Waals surface area (Å²) >= 11 is 4.36. The van der Waals surface area contributed by atoms with E-state index in [2.05, 4.69) is 43.0 Å². The Hall–Kier alpha value is -2.66. The summed E-state index contributed by atoms with van der Waals surface area (Å²) in [6, 6.07) is 5.31. The van der Waals surface area contributed by atoms with Crippen molar-refractivity contribution >= 4 is 30.5 Å². The average Bonchev–Trinajstić information content (AvgIpc) is 2.89. The van der Waals surface area contributed by atoms with Crippen molar-refractivity contribution in [3.05, 3.63) is 35.4 Å². The Balaban J connectivity index is 3.32. The average molecular weight is 560 g/mol. The molecule has 1 aromatic carbocycles. The van der Waals surface area contributed by atoms with Crippen molar-refractivity contribution in [1.29, 1.82) is 0 Å². The van der Waals surface area contributed by atoms with Gasteiger partial charge in [-0.25, -0.2) is 4.79 Å². The highest BCUT2D eigenvalue weighted by Crippen LogP contribution is 2.24. The summed E-state index contributed by atoms with van der Waals surface area (Å²) in [7, 11) is 0. The number of ether oxygens (including phenoxy) is 1. The van der Waals surface area contributed by atoms with E-state index in [1.807, 2.05) is 0 Å². The van der Waals surface area contributed by atoms with Crippen LogP contribution in [0.4, 0.5) is 4.79 Å². The minimum Gasteiger partial charge on any atom is -0.444 e. The van der Waals surface area contributed by atoms with Crippen LogP contribution in [0.1, 0.15) is 110 Å². The fraction of sp³-hybridized carbons (Fsp3) is 0.645. The molecule has 2 unspecified atom stereocenters. The second kappa shape index (κ2) is 18.6. The van der Waals surface area contributed by atoms with Crippen LogP contribution in [0, 0.1) is 12.3 Å². The van der Waals surface area contributed by atoms with E-state index in [9.17, 15) is 14.4 Å². The van der Waals surface area contributed by atoms with Crippen LogP contribution in [-0.4, -0.2) is 53.3 Å². The molecule has 0 bridgehead atoms. The molecule has 0 fully saturated rings. The van der Waals surface area contributed by atoms with Crippen LogP contribution in [0.15, 0.2) is 24.3 Å². The van der Waals surface area contributed by atoms with Gasteiger partial charge in [-0.1, -0.05) is 76.8 Å². The molecule has 0 aliphatic rings. The number of terminal acetylenes is 1. The molecule has 0 saturated carbocycles. The minimum atomic E-state index is -0.955. The Morgan fingerprint density at radius 2 is 1.56 bits per heavy atom. The molecule has 3 amide bonds. The lowest BCUT2D eigenvalue weighted by atomic mass is 10.0. The lowest BCUT2D eigenvalue weighted by Gasteiger charge is -2.34. The molecule has 0 radical (unpaired) electrons. The Bertz CT molecular complexity index is 921. The number of hydrogen-bond donors (Lipinski definition) is 3. The summed E-state index contributed by atoms with van der Waals surface area (Å²) in [6.07, 6.45) is 14.0. The van der Waals surface area contributed by atoms with Crippen LogP contribution >= 0.6 is 12.6 Å². The Kier molecular flexibility index (Phi) is 16.4. The predicted molar refractivity (Wildman–Crippen MR) is 162 cm³/mol. The van der Waals surface area contributed by atoms with Crippen molar-refractivity contribution in [3.8, 4) is 12.3 Å². The van der Waals surface area contributed by atoms with Gasteiger partial charge in [-0.15, -0.1) is 6.42 Å². The highest BCUT2D eigenvalue weighted by atomic mass is 32.1. The fourth-order valence-electron chi connectivity index (χ4n) is 4.18. The van der Waals surface area contributed by atoms with Crippen molar-refractivity contribution in [1.82, 2.24) is 15.5 Å². The van der Waals surface area contributed by atoms with E-state index in [-0.39, 0.29) is 17.6 Å². The molecule has 1 aromatic rings. The first-order valence-electron chi connectivity index (χ1n) is 14.3. The van der Waals surface area contributed by atoms with E-state index in [0.717, 1.165) is 51.4 Å². The van der Waals surface area contributed by atoms with Gasteiger partial charge in [0.25, 0.3) is 0 Å². The number of hydrogen-bond acceptors (Lipinski definition) is 5. The number of rotatable bonds is 17. The number of thiol groups is 1. The zero-order chi connectivity index (χ0) is 29.3. The van der Waals surface area contributed by atoms with Crippen LogP contribution in [0.3, 0.4) is 0 Å². The van der Waals surface area contributed by atoms with Gasteiger partial charge in [0.15, 0.2) is 0 Å². The fourth-order valence-corrected chi connectivity index (χ4v) is 4.43. The van der Waals surface area contributed by atoms with Gasteiger partial charge in [0.2, 0.25) is 11.8 Å². The van der Waals surface area contributed by atoms with Gasteiger partial charge in [0, 0.05) is 24.4 Å². The first-order chi connectivity index (χ1) is 18.6. The molecular weight excluding hydrogens is 510 g/mol. The number of carbonyl (C=O) groups is 3. The first-order valence-corrected chi connectivity index (χ1v) is 15.0. The minimum absolute atomic E-state index is 0.0615. The topological polar surface area (TPSA) is 87.7 Å². The van der Waals surface area contributed by atoms with Gasteiger partial charge in [0.05, 0.1) is 0 Å². The second-order valence-electron chi connectivity index (χ2n) is 10.8. The smallest absolute Gasteiger partial charge is 0.408 e. The van der Waals surface area contributed by atoms with Gasteiger partial charge in [0.1, 0.15) is 17.7 Å². The number of alkyl carbamates (subject to hydrolysis) is 1. The number of benzene rings is 1. The normalized spacial score (nSPS) is 12.6. The maximum absolute atomic E-state index is 14.0. The molecule has 0 aliphatic heterocycles.